The Morgan fingerprint density at radius 2 is 1.86 bits per heavy atom. The van der Waals surface area contributed by atoms with Crippen LogP contribution in [0, 0.1) is 5.92 Å². The molecule has 1 aromatic heterocycles. The highest BCUT2D eigenvalue weighted by Gasteiger charge is 2.30. The van der Waals surface area contributed by atoms with Gasteiger partial charge in [0.1, 0.15) is 12.0 Å². The lowest BCUT2D eigenvalue weighted by Crippen LogP contribution is -2.17. The number of halogens is 3. The number of amides is 1. The largest absolute Gasteiger partial charge is 0.431 e. The molecule has 0 radical (unpaired) electrons. The van der Waals surface area contributed by atoms with Gasteiger partial charge < -0.3 is 4.42 Å². The molecule has 0 spiro atoms. The third-order valence-corrected chi connectivity index (χ3v) is 2.77. The van der Waals surface area contributed by atoms with Crippen LogP contribution in [0.5, 0.6) is 0 Å². The Bertz CT molecular complexity index is 630. The quantitative estimate of drug-likeness (QED) is 0.933. The fourth-order valence-corrected chi connectivity index (χ4v) is 1.54. The van der Waals surface area contributed by atoms with E-state index in [-0.39, 0.29) is 17.8 Å². The molecule has 1 aromatic carbocycles. The Hall–Kier alpha value is -2.31. The zero-order valence-corrected chi connectivity index (χ0v) is 11.4. The number of alkyl halides is 3. The fraction of sp³-hybridized carbons (Fsp3) is 0.286. The summed E-state index contributed by atoms with van der Waals surface area (Å²) in [7, 11) is 0. The molecule has 0 aliphatic rings. The lowest BCUT2D eigenvalue weighted by molar-refractivity contribution is -0.137. The van der Waals surface area contributed by atoms with Crippen molar-refractivity contribution in [3.8, 4) is 11.3 Å². The van der Waals surface area contributed by atoms with Gasteiger partial charge in [-0.15, -0.1) is 0 Å². The molecule has 4 nitrogen and oxygen atoms in total. The molecule has 0 fully saturated rings. The first kappa shape index (κ1) is 15.1. The number of oxazole rings is 1. The topological polar surface area (TPSA) is 55.1 Å². The van der Waals surface area contributed by atoms with E-state index in [9.17, 15) is 18.0 Å². The van der Waals surface area contributed by atoms with Crippen molar-refractivity contribution < 1.29 is 22.4 Å². The zero-order valence-electron chi connectivity index (χ0n) is 11.4. The molecule has 0 bridgehead atoms. The van der Waals surface area contributed by atoms with Crippen molar-refractivity contribution in [2.24, 2.45) is 5.92 Å². The maximum Gasteiger partial charge on any atom is 0.416 e. The van der Waals surface area contributed by atoms with Crippen LogP contribution >= 0.6 is 0 Å². The molecule has 2 rings (SSSR count). The standard InChI is InChI=1S/C14H13F3N2O2/c1-8(2)12(20)19-13-18-11(7-21-13)9-3-5-10(6-4-9)14(15,16)17/h3-8H,1-2H3,(H,18,19,20). The normalized spacial score (nSPS) is 11.7. The molecule has 0 unspecified atom stereocenters. The van der Waals surface area contributed by atoms with E-state index >= 15 is 0 Å². The molecule has 21 heavy (non-hydrogen) atoms. The third-order valence-electron chi connectivity index (χ3n) is 2.77. The number of hydrogen-bond acceptors (Lipinski definition) is 3. The van der Waals surface area contributed by atoms with Gasteiger partial charge in [-0.3, -0.25) is 10.1 Å². The average Bonchev–Trinajstić information content (AvgIpc) is 2.86. The van der Waals surface area contributed by atoms with Crippen LogP contribution in [0.25, 0.3) is 11.3 Å². The number of nitrogens with zero attached hydrogens (tertiary/aromatic N) is 1. The number of anilines is 1. The van der Waals surface area contributed by atoms with Gasteiger partial charge in [0.15, 0.2) is 0 Å². The van der Waals surface area contributed by atoms with Crippen LogP contribution in [-0.4, -0.2) is 10.9 Å². The van der Waals surface area contributed by atoms with E-state index in [1.165, 1.54) is 18.4 Å². The van der Waals surface area contributed by atoms with Gasteiger partial charge in [-0.25, -0.2) is 0 Å². The van der Waals surface area contributed by atoms with Gasteiger partial charge in [0, 0.05) is 11.5 Å². The summed E-state index contributed by atoms with van der Waals surface area (Å²) in [6, 6.07) is 4.56. The lowest BCUT2D eigenvalue weighted by Gasteiger charge is -2.06. The average molecular weight is 298 g/mol. The second-order valence-electron chi connectivity index (χ2n) is 4.76. The summed E-state index contributed by atoms with van der Waals surface area (Å²) in [6.07, 6.45) is -3.10. The first-order chi connectivity index (χ1) is 9.77. The molecule has 0 aliphatic carbocycles. The van der Waals surface area contributed by atoms with Crippen LogP contribution in [0.2, 0.25) is 0 Å². The minimum atomic E-state index is -4.38. The van der Waals surface area contributed by atoms with Gasteiger partial charge in [-0.2, -0.15) is 18.2 Å². The van der Waals surface area contributed by atoms with Crippen LogP contribution in [0.1, 0.15) is 19.4 Å². The molecule has 1 N–H and O–H groups in total. The van der Waals surface area contributed by atoms with Crippen molar-refractivity contribution in [3.05, 3.63) is 36.1 Å². The van der Waals surface area contributed by atoms with Gasteiger partial charge in [0.2, 0.25) is 5.91 Å². The number of rotatable bonds is 3. The first-order valence-electron chi connectivity index (χ1n) is 6.21. The summed E-state index contributed by atoms with van der Waals surface area (Å²) in [4.78, 5) is 15.5. The van der Waals surface area contributed by atoms with Gasteiger partial charge in [0.05, 0.1) is 5.56 Å². The second kappa shape index (κ2) is 5.59. The molecular formula is C14H13F3N2O2. The van der Waals surface area contributed by atoms with Crippen LogP contribution in [0.3, 0.4) is 0 Å². The Labute approximate surface area is 119 Å². The Kier molecular flexibility index (Phi) is 4.02. The van der Waals surface area contributed by atoms with Crippen molar-refractivity contribution in [1.29, 1.82) is 0 Å². The zero-order chi connectivity index (χ0) is 15.6. The van der Waals surface area contributed by atoms with Crippen molar-refractivity contribution in [2.75, 3.05) is 5.32 Å². The Morgan fingerprint density at radius 1 is 1.24 bits per heavy atom. The minimum absolute atomic E-state index is 0.0172. The van der Waals surface area contributed by atoms with Crippen molar-refractivity contribution in [1.82, 2.24) is 4.98 Å². The van der Waals surface area contributed by atoms with Gasteiger partial charge in [-0.1, -0.05) is 26.0 Å². The maximum atomic E-state index is 12.5. The van der Waals surface area contributed by atoms with Crippen LogP contribution in [0.15, 0.2) is 34.9 Å². The van der Waals surface area contributed by atoms with Crippen molar-refractivity contribution >= 4 is 11.9 Å². The number of nitrogens with one attached hydrogen (secondary N) is 1. The van der Waals surface area contributed by atoms with Crippen LogP contribution in [0.4, 0.5) is 19.2 Å². The lowest BCUT2D eigenvalue weighted by atomic mass is 10.1. The monoisotopic (exact) mass is 298 g/mol. The number of carbonyl (C=O) groups is 1. The highest BCUT2D eigenvalue weighted by atomic mass is 19.4. The first-order valence-corrected chi connectivity index (χ1v) is 6.21. The third kappa shape index (κ3) is 3.62. The van der Waals surface area contributed by atoms with Crippen LogP contribution in [-0.2, 0) is 11.0 Å². The summed E-state index contributed by atoms with van der Waals surface area (Å²) >= 11 is 0. The molecule has 1 amide bonds. The molecule has 1 heterocycles. The van der Waals surface area contributed by atoms with Gasteiger partial charge >= 0.3 is 12.2 Å². The van der Waals surface area contributed by atoms with Crippen LogP contribution < -0.4 is 5.32 Å². The van der Waals surface area contributed by atoms with E-state index in [0.717, 1.165) is 12.1 Å². The number of carbonyl (C=O) groups excluding carboxylic acids is 1. The van der Waals surface area contributed by atoms with Crippen molar-refractivity contribution in [2.45, 2.75) is 20.0 Å². The van der Waals surface area contributed by atoms with Gasteiger partial charge in [0.25, 0.3) is 0 Å². The molecule has 0 atom stereocenters. The molecule has 0 saturated carbocycles. The maximum absolute atomic E-state index is 12.5. The SMILES string of the molecule is CC(C)C(=O)Nc1nc(-c2ccc(C(F)(F)F)cc2)co1. The van der Waals surface area contributed by atoms with E-state index in [1.807, 2.05) is 0 Å². The highest BCUT2D eigenvalue weighted by molar-refractivity contribution is 5.90. The summed E-state index contributed by atoms with van der Waals surface area (Å²) in [5.41, 5.74) is 0.0858. The van der Waals surface area contributed by atoms with E-state index in [0.29, 0.717) is 11.3 Å². The molecule has 0 aliphatic heterocycles. The van der Waals surface area contributed by atoms with E-state index in [1.54, 1.807) is 13.8 Å². The Morgan fingerprint density at radius 3 is 2.38 bits per heavy atom. The predicted molar refractivity (Wildman–Crippen MR) is 70.4 cm³/mol. The number of aromatic nitrogens is 1. The summed E-state index contributed by atoms with van der Waals surface area (Å²) < 4.78 is 42.5. The molecule has 2 aromatic rings. The Balaban J connectivity index is 2.16. The summed E-state index contributed by atoms with van der Waals surface area (Å²) in [5, 5.41) is 2.47. The number of hydrogen-bond donors (Lipinski definition) is 1. The number of benzene rings is 1. The summed E-state index contributed by atoms with van der Waals surface area (Å²) in [5.74, 6) is -0.484. The van der Waals surface area contributed by atoms with E-state index in [4.69, 9.17) is 4.42 Å². The fourth-order valence-electron chi connectivity index (χ4n) is 1.54. The molecule has 112 valence electrons. The van der Waals surface area contributed by atoms with Gasteiger partial charge in [-0.05, 0) is 12.1 Å². The van der Waals surface area contributed by atoms with E-state index < -0.39 is 11.7 Å². The summed E-state index contributed by atoms with van der Waals surface area (Å²) in [6.45, 7) is 3.43. The minimum Gasteiger partial charge on any atom is -0.431 e. The molecular weight excluding hydrogens is 285 g/mol. The predicted octanol–water partition coefficient (Wildman–Crippen LogP) is 3.95. The second-order valence-corrected chi connectivity index (χ2v) is 4.76. The molecule has 7 heteroatoms. The smallest absolute Gasteiger partial charge is 0.416 e. The van der Waals surface area contributed by atoms with Crippen molar-refractivity contribution in [3.63, 3.8) is 0 Å². The van der Waals surface area contributed by atoms with E-state index in [2.05, 4.69) is 10.3 Å². The highest BCUT2D eigenvalue weighted by Crippen LogP contribution is 2.31. The molecule has 0 saturated heterocycles.